The molecule has 2 saturated carbocycles. The first kappa shape index (κ1) is 26.6. The van der Waals surface area contributed by atoms with E-state index in [0.29, 0.717) is 19.8 Å². The van der Waals surface area contributed by atoms with Crippen LogP contribution in [0.25, 0.3) is 0 Å². The van der Waals surface area contributed by atoms with Gasteiger partial charge in [0.2, 0.25) is 0 Å². The van der Waals surface area contributed by atoms with Crippen LogP contribution in [0.3, 0.4) is 0 Å². The third kappa shape index (κ3) is 6.12. The zero-order valence-corrected chi connectivity index (χ0v) is 22.3. The summed E-state index contributed by atoms with van der Waals surface area (Å²) in [5.74, 6) is -0.679. The second kappa shape index (κ2) is 12.3. The summed E-state index contributed by atoms with van der Waals surface area (Å²) in [6.07, 6.45) is 1.29. The Kier molecular flexibility index (Phi) is 8.40. The first-order valence-electron chi connectivity index (χ1n) is 14.2. The van der Waals surface area contributed by atoms with E-state index in [1.165, 1.54) is 6.42 Å². The second-order valence-electron chi connectivity index (χ2n) is 10.9. The van der Waals surface area contributed by atoms with Crippen molar-refractivity contribution in [1.29, 1.82) is 0 Å². The van der Waals surface area contributed by atoms with Crippen LogP contribution in [0, 0.1) is 0 Å². The molecule has 1 saturated heterocycles. The van der Waals surface area contributed by atoms with Gasteiger partial charge in [0.15, 0.2) is 5.79 Å². The molecule has 3 aromatic carbocycles. The van der Waals surface area contributed by atoms with Gasteiger partial charge >= 0.3 is 0 Å². The molecule has 6 unspecified atom stereocenters. The van der Waals surface area contributed by atoms with Crippen molar-refractivity contribution in [2.24, 2.45) is 0 Å². The maximum atomic E-state index is 11.7. The van der Waals surface area contributed by atoms with Crippen molar-refractivity contribution in [1.82, 2.24) is 0 Å². The largest absolute Gasteiger partial charge is 0.387 e. The van der Waals surface area contributed by atoms with Crippen LogP contribution in [0.5, 0.6) is 0 Å². The Morgan fingerprint density at radius 3 is 1.51 bits per heavy atom. The molecule has 206 valence electrons. The molecule has 1 aliphatic heterocycles. The third-order valence-electron chi connectivity index (χ3n) is 8.14. The average molecular weight is 531 g/mol. The van der Waals surface area contributed by atoms with Gasteiger partial charge < -0.3 is 28.8 Å². The van der Waals surface area contributed by atoms with Crippen molar-refractivity contribution >= 4 is 0 Å². The quantitative estimate of drug-likeness (QED) is 0.391. The fourth-order valence-corrected chi connectivity index (χ4v) is 6.13. The van der Waals surface area contributed by atoms with Crippen LogP contribution in [0.2, 0.25) is 0 Å². The molecule has 0 radical (unpaired) electrons. The first-order valence-corrected chi connectivity index (χ1v) is 14.2. The van der Waals surface area contributed by atoms with Gasteiger partial charge in [-0.3, -0.25) is 0 Å². The lowest BCUT2D eigenvalue weighted by Crippen LogP contribution is -2.64. The van der Waals surface area contributed by atoms with E-state index in [1.807, 2.05) is 91.0 Å². The van der Waals surface area contributed by atoms with E-state index in [-0.39, 0.29) is 0 Å². The smallest absolute Gasteiger partial charge is 0.169 e. The molecule has 6 atom stereocenters. The number of hydrogen-bond acceptors (Lipinski definition) is 6. The number of aliphatic hydroxyl groups is 1. The molecule has 3 aliphatic rings. The Morgan fingerprint density at radius 2 is 1.00 bits per heavy atom. The van der Waals surface area contributed by atoms with Gasteiger partial charge in [0, 0.05) is 12.8 Å². The van der Waals surface area contributed by atoms with Crippen molar-refractivity contribution < 1.29 is 28.8 Å². The normalized spacial score (nSPS) is 29.8. The molecule has 3 aromatic rings. The van der Waals surface area contributed by atoms with Crippen LogP contribution in [0.1, 0.15) is 48.8 Å². The van der Waals surface area contributed by atoms with Gasteiger partial charge in [-0.25, -0.2) is 0 Å². The number of rotatable bonds is 9. The molecular weight excluding hydrogens is 492 g/mol. The summed E-state index contributed by atoms with van der Waals surface area (Å²) in [5, 5.41) is 11.7. The molecule has 6 heteroatoms. The van der Waals surface area contributed by atoms with E-state index in [0.717, 1.165) is 42.4 Å². The third-order valence-corrected chi connectivity index (χ3v) is 8.14. The van der Waals surface area contributed by atoms with Crippen LogP contribution in [0.15, 0.2) is 91.0 Å². The predicted octanol–water partition coefficient (Wildman–Crippen LogP) is 5.56. The van der Waals surface area contributed by atoms with Crippen LogP contribution in [-0.2, 0) is 43.5 Å². The predicted molar refractivity (Wildman–Crippen MR) is 147 cm³/mol. The highest BCUT2D eigenvalue weighted by Crippen LogP contribution is 2.46. The summed E-state index contributed by atoms with van der Waals surface area (Å²) in [7, 11) is 0. The molecule has 6 nitrogen and oxygen atoms in total. The lowest BCUT2D eigenvalue weighted by Gasteiger charge is -2.45. The van der Waals surface area contributed by atoms with E-state index in [9.17, 15) is 5.11 Å². The molecular formula is C33H38O6. The second-order valence-corrected chi connectivity index (χ2v) is 10.9. The zero-order valence-electron chi connectivity index (χ0n) is 22.3. The number of fused-ring (bicyclic) bond motifs is 1. The molecule has 3 fully saturated rings. The summed E-state index contributed by atoms with van der Waals surface area (Å²) >= 11 is 0. The highest BCUT2D eigenvalue weighted by Gasteiger charge is 2.61. The lowest BCUT2D eigenvalue weighted by atomic mass is 9.84. The minimum atomic E-state index is -0.919. The van der Waals surface area contributed by atoms with Gasteiger partial charge in [-0.15, -0.1) is 0 Å². The molecule has 0 amide bonds. The van der Waals surface area contributed by atoms with Gasteiger partial charge in [-0.1, -0.05) is 97.4 Å². The standard InChI is InChI=1S/C33H38O6/c34-27-28(35-21-24-13-5-1-6-14-24)30(36-22-25-15-7-2-8-16-25)31(37-23-26-17-9-3-10-18-26)32-29(27)38-33(39-32)19-11-4-12-20-33/h1-3,5-10,13-18,27-32,34H,4,11-12,19-23H2. The fraction of sp³-hybridized carbons (Fsp3) is 0.455. The molecule has 6 rings (SSSR count). The molecule has 2 aliphatic carbocycles. The number of aliphatic hydroxyl groups excluding tert-OH is 1. The van der Waals surface area contributed by atoms with Crippen LogP contribution in [0.4, 0.5) is 0 Å². The van der Waals surface area contributed by atoms with Crippen molar-refractivity contribution in [2.75, 3.05) is 0 Å². The fourth-order valence-electron chi connectivity index (χ4n) is 6.13. The Balaban J connectivity index is 1.30. The maximum absolute atomic E-state index is 11.7. The van der Waals surface area contributed by atoms with Gasteiger partial charge in [-0.2, -0.15) is 0 Å². The summed E-state index contributed by atoms with van der Waals surface area (Å²) in [6.45, 7) is 1.12. The Morgan fingerprint density at radius 1 is 0.564 bits per heavy atom. The molecule has 1 N–H and O–H groups in total. The minimum absolute atomic E-state index is 0.350. The van der Waals surface area contributed by atoms with Crippen LogP contribution >= 0.6 is 0 Å². The first-order chi connectivity index (χ1) is 19.2. The molecule has 1 heterocycles. The van der Waals surface area contributed by atoms with Crippen molar-refractivity contribution in [3.63, 3.8) is 0 Å². The molecule has 0 aromatic heterocycles. The van der Waals surface area contributed by atoms with Gasteiger partial charge in [0.25, 0.3) is 0 Å². The SMILES string of the molecule is OC1C(OCc2ccccc2)C(OCc2ccccc2)C(OCc2ccccc2)C2OC3(CCCCC3)OC12. The maximum Gasteiger partial charge on any atom is 0.169 e. The van der Waals surface area contributed by atoms with E-state index >= 15 is 0 Å². The van der Waals surface area contributed by atoms with Gasteiger partial charge in [-0.05, 0) is 29.5 Å². The van der Waals surface area contributed by atoms with Crippen molar-refractivity contribution in [3.8, 4) is 0 Å². The highest BCUT2D eigenvalue weighted by atomic mass is 16.8. The number of benzene rings is 3. The van der Waals surface area contributed by atoms with E-state index in [2.05, 4.69) is 0 Å². The average Bonchev–Trinajstić information content (AvgIpc) is 3.35. The number of hydrogen-bond donors (Lipinski definition) is 1. The highest BCUT2D eigenvalue weighted by molar-refractivity contribution is 5.17. The van der Waals surface area contributed by atoms with Crippen molar-refractivity contribution in [2.45, 2.75) is 94.3 Å². The summed E-state index contributed by atoms with van der Waals surface area (Å²) in [6, 6.07) is 30.2. The Bertz CT molecular complexity index is 1150. The van der Waals surface area contributed by atoms with Gasteiger partial charge in [0.05, 0.1) is 19.8 Å². The Hall–Kier alpha value is -2.58. The summed E-state index contributed by atoms with van der Waals surface area (Å²) in [4.78, 5) is 0. The van der Waals surface area contributed by atoms with E-state index < -0.39 is 42.4 Å². The summed E-state index contributed by atoms with van der Waals surface area (Å²) < 4.78 is 33.0. The number of ether oxygens (including phenoxy) is 5. The lowest BCUT2D eigenvalue weighted by molar-refractivity contribution is -0.241. The molecule has 39 heavy (non-hydrogen) atoms. The minimum Gasteiger partial charge on any atom is -0.387 e. The van der Waals surface area contributed by atoms with Crippen LogP contribution in [-0.4, -0.2) is 47.5 Å². The van der Waals surface area contributed by atoms with Crippen LogP contribution < -0.4 is 0 Å². The summed E-state index contributed by atoms with van der Waals surface area (Å²) in [5.41, 5.74) is 3.14. The van der Waals surface area contributed by atoms with E-state index in [4.69, 9.17) is 23.7 Å². The molecule has 0 bridgehead atoms. The Labute approximate surface area is 230 Å². The topological polar surface area (TPSA) is 66.4 Å². The van der Waals surface area contributed by atoms with E-state index in [1.54, 1.807) is 0 Å². The monoisotopic (exact) mass is 530 g/mol. The van der Waals surface area contributed by atoms with Crippen molar-refractivity contribution in [3.05, 3.63) is 108 Å². The molecule has 1 spiro atoms. The van der Waals surface area contributed by atoms with Gasteiger partial charge in [0.1, 0.15) is 36.6 Å². The zero-order chi connectivity index (χ0) is 26.5.